The molecule has 1 aromatic heterocycles. The average molecular weight is 426 g/mol. The molecular weight excluding hydrogens is 406 g/mol. The highest BCUT2D eigenvalue weighted by Gasteiger charge is 2.26. The van der Waals surface area contributed by atoms with Gasteiger partial charge in [-0.15, -0.1) is 0 Å². The number of benzene rings is 2. The quantitative estimate of drug-likeness (QED) is 0.568. The molecule has 0 saturated carbocycles. The predicted molar refractivity (Wildman–Crippen MR) is 114 cm³/mol. The standard InChI is InChI=1S/C21H20BrN3S/c1-13-11-17(9-10-19(13)22)25-14(2)12-18(15(25)3)21-24-23-20(26-21)16-7-5-4-6-8-16/h4-12,21,24H,1-3H3/t21-/m1/s1. The summed E-state index contributed by atoms with van der Waals surface area (Å²) in [5.41, 5.74) is 10.7. The van der Waals surface area contributed by atoms with Gasteiger partial charge in [0.25, 0.3) is 0 Å². The molecule has 4 rings (SSSR count). The topological polar surface area (TPSA) is 29.3 Å². The van der Waals surface area contributed by atoms with Crippen molar-refractivity contribution in [2.45, 2.75) is 26.1 Å². The Balaban J connectivity index is 1.64. The first-order chi connectivity index (χ1) is 12.5. The van der Waals surface area contributed by atoms with Gasteiger partial charge >= 0.3 is 0 Å². The molecule has 3 aromatic rings. The molecule has 1 N–H and O–H groups in total. The van der Waals surface area contributed by atoms with Crippen LogP contribution in [-0.4, -0.2) is 9.61 Å². The first-order valence-electron chi connectivity index (χ1n) is 8.55. The minimum atomic E-state index is 0.140. The molecule has 0 spiro atoms. The number of nitrogens with one attached hydrogen (secondary N) is 1. The third-order valence-electron chi connectivity index (χ3n) is 4.69. The highest BCUT2D eigenvalue weighted by atomic mass is 79.9. The Labute approximate surface area is 166 Å². The van der Waals surface area contributed by atoms with Crippen LogP contribution < -0.4 is 5.43 Å². The zero-order valence-corrected chi connectivity index (χ0v) is 17.4. The summed E-state index contributed by atoms with van der Waals surface area (Å²) in [6, 6.07) is 19.1. The van der Waals surface area contributed by atoms with Crippen LogP contribution in [0.15, 0.2) is 64.2 Å². The van der Waals surface area contributed by atoms with E-state index in [4.69, 9.17) is 0 Å². The molecule has 26 heavy (non-hydrogen) atoms. The van der Waals surface area contributed by atoms with Gasteiger partial charge in [-0.2, -0.15) is 5.10 Å². The summed E-state index contributed by atoms with van der Waals surface area (Å²) in [7, 11) is 0. The van der Waals surface area contributed by atoms with Gasteiger partial charge in [0, 0.05) is 32.7 Å². The van der Waals surface area contributed by atoms with Crippen LogP contribution in [0, 0.1) is 20.8 Å². The summed E-state index contributed by atoms with van der Waals surface area (Å²) in [5.74, 6) is 0. The van der Waals surface area contributed by atoms with Crippen LogP contribution in [-0.2, 0) is 0 Å². The smallest absolute Gasteiger partial charge is 0.126 e. The molecule has 2 aromatic carbocycles. The first-order valence-corrected chi connectivity index (χ1v) is 10.2. The predicted octanol–water partition coefficient (Wildman–Crippen LogP) is 5.86. The number of aryl methyl sites for hydroxylation is 2. The SMILES string of the molecule is Cc1cc(-n2c(C)cc([C@@H]3NN=C(c4ccccc4)S3)c2C)ccc1Br. The zero-order valence-electron chi connectivity index (χ0n) is 15.0. The van der Waals surface area contributed by atoms with E-state index in [2.05, 4.69) is 88.2 Å². The zero-order chi connectivity index (χ0) is 18.3. The maximum atomic E-state index is 4.56. The van der Waals surface area contributed by atoms with E-state index in [0.717, 1.165) is 15.1 Å². The lowest BCUT2D eigenvalue weighted by molar-refractivity contribution is 0.737. The molecule has 2 heterocycles. The summed E-state index contributed by atoms with van der Waals surface area (Å²) >= 11 is 5.36. The van der Waals surface area contributed by atoms with Gasteiger partial charge < -0.3 is 4.57 Å². The van der Waals surface area contributed by atoms with Gasteiger partial charge in [0.15, 0.2) is 0 Å². The molecule has 1 aliphatic heterocycles. The highest BCUT2D eigenvalue weighted by molar-refractivity contribution is 9.10. The number of hydrogen-bond donors (Lipinski definition) is 1. The molecule has 132 valence electrons. The van der Waals surface area contributed by atoms with Gasteiger partial charge in [0.05, 0.1) is 0 Å². The van der Waals surface area contributed by atoms with Crippen LogP contribution in [0.2, 0.25) is 0 Å². The lowest BCUT2D eigenvalue weighted by Crippen LogP contribution is -2.08. The van der Waals surface area contributed by atoms with Crippen molar-refractivity contribution in [1.29, 1.82) is 0 Å². The average Bonchev–Trinajstić information content (AvgIpc) is 3.23. The molecule has 0 fully saturated rings. The monoisotopic (exact) mass is 425 g/mol. The van der Waals surface area contributed by atoms with Gasteiger partial charge in [-0.25, -0.2) is 0 Å². The van der Waals surface area contributed by atoms with Crippen LogP contribution >= 0.6 is 27.7 Å². The van der Waals surface area contributed by atoms with E-state index in [9.17, 15) is 0 Å². The lowest BCUT2D eigenvalue weighted by Gasteiger charge is -2.13. The van der Waals surface area contributed by atoms with Crippen molar-refractivity contribution >= 4 is 32.7 Å². The van der Waals surface area contributed by atoms with Crippen molar-refractivity contribution in [3.05, 3.63) is 87.1 Å². The van der Waals surface area contributed by atoms with E-state index in [-0.39, 0.29) is 5.37 Å². The molecule has 0 amide bonds. The van der Waals surface area contributed by atoms with Crippen molar-refractivity contribution in [3.63, 3.8) is 0 Å². The summed E-state index contributed by atoms with van der Waals surface area (Å²) in [5, 5.41) is 5.74. The van der Waals surface area contributed by atoms with Gasteiger partial charge in [0.1, 0.15) is 10.4 Å². The molecule has 1 atom stereocenters. The van der Waals surface area contributed by atoms with E-state index in [0.29, 0.717) is 0 Å². The maximum absolute atomic E-state index is 4.56. The molecule has 1 aliphatic rings. The summed E-state index contributed by atoms with van der Waals surface area (Å²) in [6.45, 7) is 6.46. The second-order valence-electron chi connectivity index (χ2n) is 6.51. The van der Waals surface area contributed by atoms with Gasteiger partial charge in [-0.3, -0.25) is 5.43 Å². The molecule has 0 unspecified atom stereocenters. The van der Waals surface area contributed by atoms with E-state index in [1.165, 1.54) is 28.2 Å². The summed E-state index contributed by atoms with van der Waals surface area (Å²) in [4.78, 5) is 0. The first kappa shape index (κ1) is 17.4. The molecule has 0 radical (unpaired) electrons. The third-order valence-corrected chi connectivity index (χ3v) is 6.72. The van der Waals surface area contributed by atoms with Gasteiger partial charge in [-0.1, -0.05) is 58.0 Å². The van der Waals surface area contributed by atoms with Gasteiger partial charge in [-0.05, 0) is 50.6 Å². The van der Waals surface area contributed by atoms with E-state index in [1.807, 2.05) is 18.2 Å². The number of aromatic nitrogens is 1. The minimum absolute atomic E-state index is 0.140. The van der Waals surface area contributed by atoms with Crippen LogP contribution in [0.25, 0.3) is 5.69 Å². The Morgan fingerprint density at radius 3 is 2.54 bits per heavy atom. The number of hydrazone groups is 1. The molecular formula is C21H20BrN3S. The molecule has 5 heteroatoms. The van der Waals surface area contributed by atoms with E-state index < -0.39 is 0 Å². The number of thioether (sulfide) groups is 1. The number of nitrogens with zero attached hydrogens (tertiary/aromatic N) is 2. The highest BCUT2D eigenvalue weighted by Crippen LogP contribution is 2.37. The molecule has 0 saturated heterocycles. The number of halogens is 1. The number of hydrogen-bond acceptors (Lipinski definition) is 3. The van der Waals surface area contributed by atoms with Crippen molar-refractivity contribution in [2.24, 2.45) is 5.10 Å². The van der Waals surface area contributed by atoms with E-state index in [1.54, 1.807) is 11.8 Å². The van der Waals surface area contributed by atoms with Crippen molar-refractivity contribution in [1.82, 2.24) is 9.99 Å². The minimum Gasteiger partial charge on any atom is -0.318 e. The fourth-order valence-electron chi connectivity index (χ4n) is 3.35. The van der Waals surface area contributed by atoms with Crippen molar-refractivity contribution in [2.75, 3.05) is 0 Å². The Morgan fingerprint density at radius 2 is 1.81 bits per heavy atom. The lowest BCUT2D eigenvalue weighted by atomic mass is 10.2. The fraction of sp³-hybridized carbons (Fsp3) is 0.190. The largest absolute Gasteiger partial charge is 0.318 e. The Hall–Kier alpha value is -1.98. The summed E-state index contributed by atoms with van der Waals surface area (Å²) in [6.07, 6.45) is 0. The second kappa shape index (κ2) is 6.97. The molecule has 0 aliphatic carbocycles. The van der Waals surface area contributed by atoms with Crippen molar-refractivity contribution < 1.29 is 0 Å². The van der Waals surface area contributed by atoms with Crippen LogP contribution in [0.1, 0.15) is 33.5 Å². The summed E-state index contributed by atoms with van der Waals surface area (Å²) < 4.78 is 3.45. The van der Waals surface area contributed by atoms with Crippen molar-refractivity contribution in [3.8, 4) is 5.69 Å². The Morgan fingerprint density at radius 1 is 1.04 bits per heavy atom. The maximum Gasteiger partial charge on any atom is 0.126 e. The van der Waals surface area contributed by atoms with Crippen LogP contribution in [0.3, 0.4) is 0 Å². The van der Waals surface area contributed by atoms with Crippen LogP contribution in [0.5, 0.6) is 0 Å². The Kier molecular flexibility index (Phi) is 4.67. The van der Waals surface area contributed by atoms with E-state index >= 15 is 0 Å². The Bertz CT molecular complexity index is 992. The van der Waals surface area contributed by atoms with Crippen LogP contribution in [0.4, 0.5) is 0 Å². The normalized spacial score (nSPS) is 16.5. The number of rotatable bonds is 3. The molecule has 3 nitrogen and oxygen atoms in total. The molecule has 0 bridgehead atoms. The third kappa shape index (κ3) is 3.10. The second-order valence-corrected chi connectivity index (χ2v) is 8.45. The van der Waals surface area contributed by atoms with Gasteiger partial charge in [0.2, 0.25) is 0 Å². The fourth-order valence-corrected chi connectivity index (χ4v) is 4.66.